The Hall–Kier alpha value is -2.55. The van der Waals surface area contributed by atoms with Crippen LogP contribution < -0.4 is 4.74 Å². The Kier molecular flexibility index (Phi) is 3.72. The van der Waals surface area contributed by atoms with E-state index >= 15 is 0 Å². The molecule has 3 heteroatoms. The largest absolute Gasteiger partial charge is 0.426 e. The Morgan fingerprint density at radius 1 is 1.09 bits per heavy atom. The van der Waals surface area contributed by atoms with E-state index in [0.29, 0.717) is 5.75 Å². The molecule has 0 aliphatic rings. The standard InChI is InChI=1S/C19H19NO2/c1-12-8-13(2)19(14(3)9-12)22-18(21)10-15-11-20-17-7-5-4-6-16(15)17/h4-9,11,20H,10H2,1-3H3. The minimum Gasteiger partial charge on any atom is -0.426 e. The van der Waals surface area contributed by atoms with E-state index in [1.807, 2.05) is 63.4 Å². The SMILES string of the molecule is Cc1cc(C)c(OC(=O)Cc2c[nH]c3ccccc23)c(C)c1. The summed E-state index contributed by atoms with van der Waals surface area (Å²) in [6, 6.07) is 12.0. The van der Waals surface area contributed by atoms with Crippen LogP contribution in [0.25, 0.3) is 10.9 Å². The molecule has 3 aromatic rings. The molecule has 2 aromatic carbocycles. The molecule has 1 N–H and O–H groups in total. The van der Waals surface area contributed by atoms with Gasteiger partial charge in [0, 0.05) is 17.1 Å². The molecule has 0 aliphatic carbocycles. The molecule has 0 amide bonds. The molecule has 0 saturated heterocycles. The highest BCUT2D eigenvalue weighted by atomic mass is 16.5. The van der Waals surface area contributed by atoms with Crippen molar-refractivity contribution < 1.29 is 9.53 Å². The van der Waals surface area contributed by atoms with Gasteiger partial charge in [-0.15, -0.1) is 0 Å². The molecule has 0 radical (unpaired) electrons. The first-order valence-corrected chi connectivity index (χ1v) is 7.38. The Bertz CT molecular complexity index is 823. The quantitative estimate of drug-likeness (QED) is 0.579. The predicted molar refractivity (Wildman–Crippen MR) is 88.3 cm³/mol. The van der Waals surface area contributed by atoms with Crippen molar-refractivity contribution in [3.05, 3.63) is 64.8 Å². The fourth-order valence-corrected chi connectivity index (χ4v) is 2.91. The van der Waals surface area contributed by atoms with Gasteiger partial charge in [-0.1, -0.05) is 35.9 Å². The van der Waals surface area contributed by atoms with Crippen LogP contribution in [0, 0.1) is 20.8 Å². The van der Waals surface area contributed by atoms with Crippen LogP contribution in [0.2, 0.25) is 0 Å². The van der Waals surface area contributed by atoms with Crippen molar-refractivity contribution in [1.82, 2.24) is 4.98 Å². The topological polar surface area (TPSA) is 42.1 Å². The van der Waals surface area contributed by atoms with Crippen LogP contribution in [0.15, 0.2) is 42.6 Å². The van der Waals surface area contributed by atoms with Crippen LogP contribution >= 0.6 is 0 Å². The van der Waals surface area contributed by atoms with Gasteiger partial charge in [-0.25, -0.2) is 0 Å². The number of aryl methyl sites for hydroxylation is 3. The summed E-state index contributed by atoms with van der Waals surface area (Å²) in [7, 11) is 0. The van der Waals surface area contributed by atoms with Crippen LogP contribution in [0.3, 0.4) is 0 Å². The van der Waals surface area contributed by atoms with Crippen LogP contribution in [-0.2, 0) is 11.2 Å². The number of para-hydroxylation sites is 1. The lowest BCUT2D eigenvalue weighted by atomic mass is 10.1. The Morgan fingerprint density at radius 3 is 2.50 bits per heavy atom. The van der Waals surface area contributed by atoms with Crippen molar-refractivity contribution in [1.29, 1.82) is 0 Å². The third-order valence-corrected chi connectivity index (χ3v) is 3.83. The number of aromatic amines is 1. The van der Waals surface area contributed by atoms with Crippen LogP contribution in [0.4, 0.5) is 0 Å². The van der Waals surface area contributed by atoms with Crippen molar-refractivity contribution in [2.75, 3.05) is 0 Å². The number of aromatic nitrogens is 1. The van der Waals surface area contributed by atoms with Crippen molar-refractivity contribution in [3.8, 4) is 5.75 Å². The van der Waals surface area contributed by atoms with Crippen molar-refractivity contribution in [2.24, 2.45) is 0 Å². The van der Waals surface area contributed by atoms with E-state index in [0.717, 1.165) is 27.6 Å². The number of rotatable bonds is 3. The maximum Gasteiger partial charge on any atom is 0.315 e. The molecule has 112 valence electrons. The lowest BCUT2D eigenvalue weighted by Gasteiger charge is -2.11. The van der Waals surface area contributed by atoms with Crippen LogP contribution in [0.1, 0.15) is 22.3 Å². The summed E-state index contributed by atoms with van der Waals surface area (Å²) in [4.78, 5) is 15.5. The first kappa shape index (κ1) is 14.4. The van der Waals surface area contributed by atoms with Crippen LogP contribution in [0.5, 0.6) is 5.75 Å². The molecular weight excluding hydrogens is 274 g/mol. The Balaban J connectivity index is 1.81. The normalized spacial score (nSPS) is 10.9. The van der Waals surface area contributed by atoms with Gasteiger partial charge in [0.1, 0.15) is 5.75 Å². The Morgan fingerprint density at radius 2 is 1.77 bits per heavy atom. The van der Waals surface area contributed by atoms with Gasteiger partial charge in [0.2, 0.25) is 0 Å². The van der Waals surface area contributed by atoms with Gasteiger partial charge < -0.3 is 9.72 Å². The summed E-state index contributed by atoms with van der Waals surface area (Å²) < 4.78 is 5.60. The molecule has 3 rings (SSSR count). The maximum atomic E-state index is 12.3. The van der Waals surface area contributed by atoms with Gasteiger partial charge in [0.25, 0.3) is 0 Å². The summed E-state index contributed by atoms with van der Waals surface area (Å²) >= 11 is 0. The number of benzene rings is 2. The smallest absolute Gasteiger partial charge is 0.315 e. The zero-order chi connectivity index (χ0) is 15.7. The number of carbonyl (C=O) groups excluding carboxylic acids is 1. The first-order chi connectivity index (χ1) is 10.5. The number of hydrogen-bond donors (Lipinski definition) is 1. The molecule has 1 heterocycles. The Labute approximate surface area is 129 Å². The van der Waals surface area contributed by atoms with Crippen molar-refractivity contribution in [3.63, 3.8) is 0 Å². The van der Waals surface area contributed by atoms with E-state index < -0.39 is 0 Å². The third kappa shape index (κ3) is 2.75. The molecular formula is C19H19NO2. The summed E-state index contributed by atoms with van der Waals surface area (Å²) in [6.45, 7) is 5.97. The zero-order valence-electron chi connectivity index (χ0n) is 13.1. The number of nitrogens with one attached hydrogen (secondary N) is 1. The molecule has 0 fully saturated rings. The highest BCUT2D eigenvalue weighted by Crippen LogP contribution is 2.25. The van der Waals surface area contributed by atoms with E-state index in [9.17, 15) is 4.79 Å². The lowest BCUT2D eigenvalue weighted by molar-refractivity contribution is -0.133. The molecule has 0 spiro atoms. The molecule has 0 unspecified atom stereocenters. The third-order valence-electron chi connectivity index (χ3n) is 3.83. The lowest BCUT2D eigenvalue weighted by Crippen LogP contribution is -2.12. The second-order valence-electron chi connectivity index (χ2n) is 5.74. The minimum atomic E-state index is -0.236. The van der Waals surface area contributed by atoms with Gasteiger partial charge in [0.15, 0.2) is 0 Å². The number of ether oxygens (including phenoxy) is 1. The molecule has 3 nitrogen and oxygen atoms in total. The summed E-state index contributed by atoms with van der Waals surface area (Å²) in [6.07, 6.45) is 2.14. The number of hydrogen-bond acceptors (Lipinski definition) is 2. The fraction of sp³-hybridized carbons (Fsp3) is 0.211. The van der Waals surface area contributed by atoms with Gasteiger partial charge in [-0.2, -0.15) is 0 Å². The highest BCUT2D eigenvalue weighted by Gasteiger charge is 2.13. The summed E-state index contributed by atoms with van der Waals surface area (Å²) in [5.74, 6) is 0.440. The highest BCUT2D eigenvalue weighted by molar-refractivity contribution is 5.87. The molecule has 22 heavy (non-hydrogen) atoms. The number of carbonyl (C=O) groups is 1. The molecule has 0 saturated carbocycles. The molecule has 0 bridgehead atoms. The fourth-order valence-electron chi connectivity index (χ4n) is 2.91. The zero-order valence-corrected chi connectivity index (χ0v) is 13.1. The minimum absolute atomic E-state index is 0.236. The van der Waals surface area contributed by atoms with Gasteiger partial charge >= 0.3 is 5.97 Å². The van der Waals surface area contributed by atoms with E-state index in [2.05, 4.69) is 4.98 Å². The second-order valence-corrected chi connectivity index (χ2v) is 5.74. The van der Waals surface area contributed by atoms with Crippen molar-refractivity contribution in [2.45, 2.75) is 27.2 Å². The van der Waals surface area contributed by atoms with E-state index in [-0.39, 0.29) is 12.4 Å². The summed E-state index contributed by atoms with van der Waals surface area (Å²) in [5, 5.41) is 1.07. The average molecular weight is 293 g/mol. The number of H-pyrrole nitrogens is 1. The molecule has 0 aliphatic heterocycles. The van der Waals surface area contributed by atoms with Crippen molar-refractivity contribution >= 4 is 16.9 Å². The molecule has 1 aromatic heterocycles. The maximum absolute atomic E-state index is 12.3. The van der Waals surface area contributed by atoms with E-state index in [4.69, 9.17) is 4.74 Å². The average Bonchev–Trinajstić information content (AvgIpc) is 2.86. The van der Waals surface area contributed by atoms with Gasteiger partial charge in [-0.05, 0) is 43.5 Å². The first-order valence-electron chi connectivity index (χ1n) is 7.38. The number of esters is 1. The monoisotopic (exact) mass is 293 g/mol. The molecule has 0 atom stereocenters. The number of fused-ring (bicyclic) bond motifs is 1. The van der Waals surface area contributed by atoms with E-state index in [1.165, 1.54) is 5.56 Å². The predicted octanol–water partition coefficient (Wildman–Crippen LogP) is 4.24. The van der Waals surface area contributed by atoms with E-state index in [1.54, 1.807) is 0 Å². The van der Waals surface area contributed by atoms with Crippen LogP contribution in [-0.4, -0.2) is 11.0 Å². The second kappa shape index (κ2) is 5.68. The van der Waals surface area contributed by atoms with Gasteiger partial charge in [-0.3, -0.25) is 4.79 Å². The summed E-state index contributed by atoms with van der Waals surface area (Å²) in [5.41, 5.74) is 5.15. The van der Waals surface area contributed by atoms with Gasteiger partial charge in [0.05, 0.1) is 6.42 Å².